The van der Waals surface area contributed by atoms with E-state index in [9.17, 15) is 13.6 Å². The molecule has 0 saturated carbocycles. The van der Waals surface area contributed by atoms with Crippen LogP contribution >= 0.6 is 11.8 Å². The smallest absolute Gasteiger partial charge is 0.288 e. The largest absolute Gasteiger partial charge is 0.325 e. The van der Waals surface area contributed by atoms with Crippen LogP contribution in [0.1, 0.15) is 13.3 Å². The molecule has 1 aromatic carbocycles. The molecule has 1 unspecified atom stereocenters. The van der Waals surface area contributed by atoms with Gasteiger partial charge in [-0.3, -0.25) is 4.79 Å². The Morgan fingerprint density at radius 2 is 2.00 bits per heavy atom. The molecule has 1 amide bonds. The maximum atomic E-state index is 12.1. The van der Waals surface area contributed by atoms with Crippen molar-refractivity contribution in [3.63, 3.8) is 0 Å². The lowest BCUT2D eigenvalue weighted by Gasteiger charge is -2.10. The third-order valence-corrected chi connectivity index (χ3v) is 2.85. The summed E-state index contributed by atoms with van der Waals surface area (Å²) in [5.41, 5.74) is 6.10. The summed E-state index contributed by atoms with van der Waals surface area (Å²) in [5, 5.41) is 2.61. The van der Waals surface area contributed by atoms with Crippen molar-refractivity contribution in [3.8, 4) is 0 Å². The second kappa shape index (κ2) is 6.56. The van der Waals surface area contributed by atoms with Crippen LogP contribution in [-0.4, -0.2) is 17.7 Å². The Labute approximate surface area is 103 Å². The van der Waals surface area contributed by atoms with Gasteiger partial charge in [0.1, 0.15) is 0 Å². The average Bonchev–Trinajstić information content (AvgIpc) is 2.30. The van der Waals surface area contributed by atoms with E-state index in [0.717, 1.165) is 0 Å². The molecular formula is C11H14F2N2OS. The van der Waals surface area contributed by atoms with Crippen molar-refractivity contribution in [3.05, 3.63) is 24.3 Å². The molecule has 0 fully saturated rings. The van der Waals surface area contributed by atoms with E-state index in [1.165, 1.54) is 12.1 Å². The molecule has 0 radical (unpaired) electrons. The fourth-order valence-corrected chi connectivity index (χ4v) is 1.64. The molecule has 94 valence electrons. The average molecular weight is 260 g/mol. The summed E-state index contributed by atoms with van der Waals surface area (Å²) in [6, 6.07) is 5.66. The number of anilines is 1. The SMILES string of the molecule is CCC(N)C(=O)Nc1ccc(SC(F)F)cc1. The molecule has 0 aromatic heterocycles. The molecule has 17 heavy (non-hydrogen) atoms. The highest BCUT2D eigenvalue weighted by Gasteiger charge is 2.11. The summed E-state index contributed by atoms with van der Waals surface area (Å²) in [7, 11) is 0. The molecule has 0 heterocycles. The molecule has 6 heteroatoms. The number of hydrogen-bond acceptors (Lipinski definition) is 3. The number of benzene rings is 1. The molecule has 3 N–H and O–H groups in total. The van der Waals surface area contributed by atoms with Crippen LogP contribution < -0.4 is 11.1 Å². The van der Waals surface area contributed by atoms with Crippen molar-refractivity contribution in [1.82, 2.24) is 0 Å². The highest BCUT2D eigenvalue weighted by atomic mass is 32.2. The summed E-state index contributed by atoms with van der Waals surface area (Å²) in [6.07, 6.45) is 0.547. The molecule has 3 nitrogen and oxygen atoms in total. The van der Waals surface area contributed by atoms with Crippen molar-refractivity contribution >= 4 is 23.4 Å². The molecule has 0 bridgehead atoms. The summed E-state index contributed by atoms with van der Waals surface area (Å²) >= 11 is 0.466. The first kappa shape index (κ1) is 13.9. The Bertz CT molecular complexity index is 370. The van der Waals surface area contributed by atoms with E-state index in [0.29, 0.717) is 28.8 Å². The number of carbonyl (C=O) groups excluding carboxylic acids is 1. The second-order valence-electron chi connectivity index (χ2n) is 3.41. The van der Waals surface area contributed by atoms with Crippen LogP contribution in [-0.2, 0) is 4.79 Å². The van der Waals surface area contributed by atoms with Crippen LogP contribution in [0, 0.1) is 0 Å². The van der Waals surface area contributed by atoms with Gasteiger partial charge in [0.05, 0.1) is 6.04 Å². The van der Waals surface area contributed by atoms with Gasteiger partial charge in [-0.25, -0.2) is 0 Å². The number of nitrogens with one attached hydrogen (secondary N) is 1. The van der Waals surface area contributed by atoms with Crippen LogP contribution in [0.15, 0.2) is 29.2 Å². The molecule has 0 aliphatic heterocycles. The van der Waals surface area contributed by atoms with E-state index in [4.69, 9.17) is 5.73 Å². The maximum Gasteiger partial charge on any atom is 0.288 e. The van der Waals surface area contributed by atoms with Crippen LogP contribution in [0.3, 0.4) is 0 Å². The van der Waals surface area contributed by atoms with Crippen molar-refractivity contribution in [1.29, 1.82) is 0 Å². The van der Waals surface area contributed by atoms with Gasteiger partial charge in [-0.2, -0.15) is 8.78 Å². The zero-order valence-electron chi connectivity index (χ0n) is 9.32. The van der Waals surface area contributed by atoms with Crippen LogP contribution in [0.25, 0.3) is 0 Å². The van der Waals surface area contributed by atoms with E-state index in [1.54, 1.807) is 12.1 Å². The standard InChI is InChI=1S/C11H14F2N2OS/c1-2-9(14)10(16)15-7-3-5-8(6-4-7)17-11(12)13/h3-6,9,11H,2,14H2,1H3,(H,15,16). The van der Waals surface area contributed by atoms with Gasteiger partial charge < -0.3 is 11.1 Å². The molecule has 1 aromatic rings. The number of halogens is 2. The lowest BCUT2D eigenvalue weighted by atomic mass is 10.2. The number of amides is 1. The molecular weight excluding hydrogens is 246 g/mol. The van der Waals surface area contributed by atoms with E-state index >= 15 is 0 Å². The number of thioether (sulfide) groups is 1. The molecule has 0 aliphatic carbocycles. The Balaban J connectivity index is 2.59. The lowest BCUT2D eigenvalue weighted by Crippen LogP contribution is -2.34. The summed E-state index contributed by atoms with van der Waals surface area (Å²) in [4.78, 5) is 11.9. The molecule has 1 atom stereocenters. The summed E-state index contributed by atoms with van der Waals surface area (Å²) < 4.78 is 24.1. The number of alkyl halides is 2. The highest BCUT2D eigenvalue weighted by Crippen LogP contribution is 2.26. The van der Waals surface area contributed by atoms with Gasteiger partial charge in [0.15, 0.2) is 0 Å². The van der Waals surface area contributed by atoms with Crippen LogP contribution in [0.2, 0.25) is 0 Å². The van der Waals surface area contributed by atoms with Gasteiger partial charge in [0.25, 0.3) is 5.76 Å². The van der Waals surface area contributed by atoms with Gasteiger partial charge >= 0.3 is 0 Å². The van der Waals surface area contributed by atoms with E-state index in [-0.39, 0.29) is 5.91 Å². The molecule has 0 aliphatic rings. The first-order chi connectivity index (χ1) is 8.02. The normalized spacial score (nSPS) is 12.5. The lowest BCUT2D eigenvalue weighted by molar-refractivity contribution is -0.117. The Morgan fingerprint density at radius 1 is 1.41 bits per heavy atom. The molecule has 0 spiro atoms. The zero-order valence-corrected chi connectivity index (χ0v) is 10.1. The van der Waals surface area contributed by atoms with E-state index in [1.807, 2.05) is 6.92 Å². The summed E-state index contributed by atoms with van der Waals surface area (Å²) in [6.45, 7) is 1.81. The number of rotatable bonds is 5. The maximum absolute atomic E-state index is 12.1. The minimum atomic E-state index is -2.44. The minimum absolute atomic E-state index is 0.276. The Kier molecular flexibility index (Phi) is 5.37. The first-order valence-electron chi connectivity index (χ1n) is 5.14. The molecule has 0 saturated heterocycles. The monoisotopic (exact) mass is 260 g/mol. The van der Waals surface area contributed by atoms with Gasteiger partial charge in [0.2, 0.25) is 5.91 Å². The zero-order chi connectivity index (χ0) is 12.8. The topological polar surface area (TPSA) is 55.1 Å². The number of carbonyl (C=O) groups is 1. The predicted octanol–water partition coefficient (Wildman–Crippen LogP) is 2.68. The number of hydrogen-bond donors (Lipinski definition) is 2. The quantitative estimate of drug-likeness (QED) is 0.800. The third-order valence-electron chi connectivity index (χ3n) is 2.12. The van der Waals surface area contributed by atoms with Gasteiger partial charge in [-0.1, -0.05) is 18.7 Å². The highest BCUT2D eigenvalue weighted by molar-refractivity contribution is 7.99. The van der Waals surface area contributed by atoms with Crippen molar-refractivity contribution in [2.45, 2.75) is 30.0 Å². The Hall–Kier alpha value is -1.14. The van der Waals surface area contributed by atoms with Crippen molar-refractivity contribution < 1.29 is 13.6 Å². The minimum Gasteiger partial charge on any atom is -0.325 e. The van der Waals surface area contributed by atoms with Crippen molar-refractivity contribution in [2.75, 3.05) is 5.32 Å². The van der Waals surface area contributed by atoms with Crippen LogP contribution in [0.5, 0.6) is 0 Å². The third kappa shape index (κ3) is 4.70. The van der Waals surface area contributed by atoms with Crippen LogP contribution in [0.4, 0.5) is 14.5 Å². The van der Waals surface area contributed by atoms with Gasteiger partial charge in [0, 0.05) is 10.6 Å². The van der Waals surface area contributed by atoms with E-state index < -0.39 is 11.8 Å². The second-order valence-corrected chi connectivity index (χ2v) is 4.47. The summed E-state index contributed by atoms with van der Waals surface area (Å²) in [5.74, 6) is -2.72. The van der Waals surface area contributed by atoms with Crippen molar-refractivity contribution in [2.24, 2.45) is 5.73 Å². The first-order valence-corrected chi connectivity index (χ1v) is 6.02. The van der Waals surface area contributed by atoms with E-state index in [2.05, 4.69) is 5.32 Å². The Morgan fingerprint density at radius 3 is 2.47 bits per heavy atom. The fraction of sp³-hybridized carbons (Fsp3) is 0.364. The number of nitrogens with two attached hydrogens (primary N) is 1. The predicted molar refractivity (Wildman–Crippen MR) is 65.2 cm³/mol. The fourth-order valence-electron chi connectivity index (χ4n) is 1.14. The van der Waals surface area contributed by atoms with Gasteiger partial charge in [-0.15, -0.1) is 0 Å². The molecule has 1 rings (SSSR count). The van der Waals surface area contributed by atoms with Gasteiger partial charge in [-0.05, 0) is 30.7 Å².